The van der Waals surface area contributed by atoms with E-state index >= 15 is 0 Å². The molecule has 0 aromatic heterocycles. The Labute approximate surface area is 139 Å². The van der Waals surface area contributed by atoms with E-state index in [2.05, 4.69) is 26.0 Å². The van der Waals surface area contributed by atoms with Gasteiger partial charge in [-0.3, -0.25) is 9.59 Å². The van der Waals surface area contributed by atoms with Gasteiger partial charge in [0, 0.05) is 32.6 Å². The molecule has 126 valence electrons. The summed E-state index contributed by atoms with van der Waals surface area (Å²) in [6.07, 6.45) is 3.15. The summed E-state index contributed by atoms with van der Waals surface area (Å²) < 4.78 is 0. The van der Waals surface area contributed by atoms with Gasteiger partial charge in [-0.15, -0.1) is 0 Å². The van der Waals surface area contributed by atoms with Crippen LogP contribution in [-0.2, 0) is 16.0 Å². The average Bonchev–Trinajstić information content (AvgIpc) is 2.94. The number of likely N-dealkylation sites (tertiary alicyclic amines) is 1. The van der Waals surface area contributed by atoms with Crippen LogP contribution < -0.4 is 0 Å². The Morgan fingerprint density at radius 1 is 1.17 bits per heavy atom. The Balaban J connectivity index is 1.89. The molecular weight excluding hydrogens is 288 g/mol. The lowest BCUT2D eigenvalue weighted by molar-refractivity contribution is -0.136. The summed E-state index contributed by atoms with van der Waals surface area (Å²) in [5, 5.41) is 0. The van der Waals surface area contributed by atoms with Crippen molar-refractivity contribution in [2.24, 2.45) is 5.92 Å². The van der Waals surface area contributed by atoms with Crippen LogP contribution in [0.3, 0.4) is 0 Å². The van der Waals surface area contributed by atoms with Gasteiger partial charge < -0.3 is 9.80 Å². The number of carbonyl (C=O) groups is 2. The van der Waals surface area contributed by atoms with E-state index in [0.29, 0.717) is 19.5 Å². The molecule has 0 saturated carbocycles. The molecule has 1 heterocycles. The Morgan fingerprint density at radius 2 is 1.83 bits per heavy atom. The molecule has 1 atom stereocenters. The molecule has 1 aliphatic rings. The third-order valence-electron chi connectivity index (χ3n) is 4.38. The van der Waals surface area contributed by atoms with Gasteiger partial charge in [0.15, 0.2) is 0 Å². The van der Waals surface area contributed by atoms with Crippen molar-refractivity contribution in [2.45, 2.75) is 39.5 Å². The Morgan fingerprint density at radius 3 is 2.43 bits per heavy atom. The first-order valence-electron chi connectivity index (χ1n) is 8.76. The van der Waals surface area contributed by atoms with Crippen molar-refractivity contribution in [3.8, 4) is 0 Å². The van der Waals surface area contributed by atoms with Crippen LogP contribution in [0, 0.1) is 5.92 Å². The van der Waals surface area contributed by atoms with Gasteiger partial charge in [-0.1, -0.05) is 44.2 Å². The molecule has 4 heteroatoms. The normalized spacial score (nSPS) is 17.6. The molecule has 1 fully saturated rings. The largest absolute Gasteiger partial charge is 0.342 e. The van der Waals surface area contributed by atoms with Crippen molar-refractivity contribution in [1.29, 1.82) is 0 Å². The third-order valence-corrected chi connectivity index (χ3v) is 4.38. The molecule has 1 saturated heterocycles. The fourth-order valence-electron chi connectivity index (χ4n) is 3.19. The van der Waals surface area contributed by atoms with Crippen LogP contribution >= 0.6 is 0 Å². The highest BCUT2D eigenvalue weighted by atomic mass is 16.2. The SMILES string of the molecule is CCCN(CCC)C(=O)C1CC(=O)N(CCc2ccccc2)C1. The van der Waals surface area contributed by atoms with Gasteiger partial charge in [-0.05, 0) is 24.8 Å². The summed E-state index contributed by atoms with van der Waals surface area (Å²) >= 11 is 0. The molecule has 0 bridgehead atoms. The number of rotatable bonds is 8. The minimum absolute atomic E-state index is 0.118. The Hall–Kier alpha value is -1.84. The lowest BCUT2D eigenvalue weighted by Gasteiger charge is -2.24. The van der Waals surface area contributed by atoms with E-state index in [1.165, 1.54) is 5.56 Å². The van der Waals surface area contributed by atoms with Gasteiger partial charge in [0.05, 0.1) is 5.92 Å². The minimum atomic E-state index is -0.156. The van der Waals surface area contributed by atoms with E-state index in [4.69, 9.17) is 0 Å². The maximum absolute atomic E-state index is 12.6. The molecule has 4 nitrogen and oxygen atoms in total. The molecule has 0 radical (unpaired) electrons. The molecule has 1 unspecified atom stereocenters. The minimum Gasteiger partial charge on any atom is -0.342 e. The maximum Gasteiger partial charge on any atom is 0.227 e. The molecule has 0 N–H and O–H groups in total. The number of nitrogens with zero attached hydrogens (tertiary/aromatic N) is 2. The Bertz CT molecular complexity index is 509. The van der Waals surface area contributed by atoms with Crippen LogP contribution in [0.1, 0.15) is 38.7 Å². The van der Waals surface area contributed by atoms with Crippen LogP contribution in [0.15, 0.2) is 30.3 Å². The van der Waals surface area contributed by atoms with Gasteiger partial charge in [0.1, 0.15) is 0 Å². The van der Waals surface area contributed by atoms with Crippen molar-refractivity contribution < 1.29 is 9.59 Å². The third kappa shape index (κ3) is 4.81. The zero-order valence-electron chi connectivity index (χ0n) is 14.3. The van der Waals surface area contributed by atoms with Crippen molar-refractivity contribution in [2.75, 3.05) is 26.2 Å². The molecule has 1 aliphatic heterocycles. The second-order valence-electron chi connectivity index (χ2n) is 6.30. The van der Waals surface area contributed by atoms with Crippen LogP contribution in [0.25, 0.3) is 0 Å². The Kier molecular flexibility index (Phi) is 6.63. The first-order chi connectivity index (χ1) is 11.2. The molecule has 2 rings (SSSR count). The topological polar surface area (TPSA) is 40.6 Å². The first-order valence-corrected chi connectivity index (χ1v) is 8.76. The van der Waals surface area contributed by atoms with Crippen LogP contribution in [0.2, 0.25) is 0 Å². The van der Waals surface area contributed by atoms with Gasteiger partial charge in [-0.2, -0.15) is 0 Å². The quantitative estimate of drug-likeness (QED) is 0.740. The second-order valence-corrected chi connectivity index (χ2v) is 6.30. The molecule has 0 spiro atoms. The predicted molar refractivity (Wildman–Crippen MR) is 92.0 cm³/mol. The molecule has 2 amide bonds. The highest BCUT2D eigenvalue weighted by molar-refractivity contribution is 5.89. The summed E-state index contributed by atoms with van der Waals surface area (Å²) in [4.78, 5) is 28.6. The summed E-state index contributed by atoms with van der Waals surface area (Å²) in [6.45, 7) is 7.04. The zero-order chi connectivity index (χ0) is 16.7. The van der Waals surface area contributed by atoms with Crippen LogP contribution in [0.4, 0.5) is 0 Å². The standard InChI is InChI=1S/C19H28N2O2/c1-3-11-20(12-4-2)19(23)17-14-18(22)21(15-17)13-10-16-8-6-5-7-9-16/h5-9,17H,3-4,10-15H2,1-2H3. The van der Waals surface area contributed by atoms with Crippen molar-refractivity contribution in [1.82, 2.24) is 9.80 Å². The summed E-state index contributed by atoms with van der Waals surface area (Å²) in [6, 6.07) is 10.2. The van der Waals surface area contributed by atoms with Crippen LogP contribution in [-0.4, -0.2) is 47.8 Å². The molecule has 0 aliphatic carbocycles. The van der Waals surface area contributed by atoms with E-state index < -0.39 is 0 Å². The fourth-order valence-corrected chi connectivity index (χ4v) is 3.19. The molecule has 23 heavy (non-hydrogen) atoms. The summed E-state index contributed by atoms with van der Waals surface area (Å²) in [5.74, 6) is 0.118. The molecule has 1 aromatic carbocycles. The van der Waals surface area contributed by atoms with E-state index in [1.54, 1.807) is 0 Å². The van der Waals surface area contributed by atoms with E-state index in [1.807, 2.05) is 28.0 Å². The zero-order valence-corrected chi connectivity index (χ0v) is 14.3. The molecule has 1 aromatic rings. The predicted octanol–water partition coefficient (Wildman–Crippen LogP) is 2.73. The number of amides is 2. The summed E-state index contributed by atoms with van der Waals surface area (Å²) in [5.41, 5.74) is 1.23. The average molecular weight is 316 g/mol. The smallest absolute Gasteiger partial charge is 0.227 e. The van der Waals surface area contributed by atoms with Crippen molar-refractivity contribution >= 4 is 11.8 Å². The number of benzene rings is 1. The lowest BCUT2D eigenvalue weighted by atomic mass is 10.1. The van der Waals surface area contributed by atoms with Gasteiger partial charge >= 0.3 is 0 Å². The number of carbonyl (C=O) groups excluding carboxylic acids is 2. The lowest BCUT2D eigenvalue weighted by Crippen LogP contribution is -2.38. The van der Waals surface area contributed by atoms with E-state index in [0.717, 1.165) is 32.4 Å². The van der Waals surface area contributed by atoms with Crippen molar-refractivity contribution in [3.05, 3.63) is 35.9 Å². The fraction of sp³-hybridized carbons (Fsp3) is 0.579. The maximum atomic E-state index is 12.6. The summed E-state index contributed by atoms with van der Waals surface area (Å²) in [7, 11) is 0. The van der Waals surface area contributed by atoms with E-state index in [-0.39, 0.29) is 17.7 Å². The highest BCUT2D eigenvalue weighted by Crippen LogP contribution is 2.21. The van der Waals surface area contributed by atoms with Crippen molar-refractivity contribution in [3.63, 3.8) is 0 Å². The van der Waals surface area contributed by atoms with Gasteiger partial charge in [-0.25, -0.2) is 0 Å². The highest BCUT2D eigenvalue weighted by Gasteiger charge is 2.35. The second kappa shape index (κ2) is 8.70. The monoisotopic (exact) mass is 316 g/mol. The molecular formula is C19H28N2O2. The van der Waals surface area contributed by atoms with Gasteiger partial charge in [0.2, 0.25) is 11.8 Å². The van der Waals surface area contributed by atoms with E-state index in [9.17, 15) is 9.59 Å². The first kappa shape index (κ1) is 17.5. The number of hydrogen-bond acceptors (Lipinski definition) is 2. The number of hydrogen-bond donors (Lipinski definition) is 0. The van der Waals surface area contributed by atoms with Gasteiger partial charge in [0.25, 0.3) is 0 Å². The van der Waals surface area contributed by atoms with Crippen LogP contribution in [0.5, 0.6) is 0 Å².